The molecular weight excluding hydrogens is 204 g/mol. The molecule has 3 nitrogen and oxygen atoms in total. The maximum Gasteiger partial charge on any atom is 0.272 e. The molecule has 0 aliphatic rings. The number of methoxy groups -OCH3 is 2. The molecule has 13 heavy (non-hydrogen) atoms. The van der Waals surface area contributed by atoms with Crippen LogP contribution in [0.1, 0.15) is 19.8 Å². The summed E-state index contributed by atoms with van der Waals surface area (Å²) in [5.74, 6) is 0.624. The minimum atomic E-state index is -0.816. The molecule has 0 N–H and O–H groups in total. The van der Waals surface area contributed by atoms with Gasteiger partial charge in [-0.1, -0.05) is 6.92 Å². The van der Waals surface area contributed by atoms with Gasteiger partial charge in [-0.2, -0.15) is 12.6 Å². The number of hydrogen-bond donors (Lipinski definition) is 1. The molecule has 0 spiro atoms. The average molecular weight is 224 g/mol. The average Bonchev–Trinajstić information content (AvgIpc) is 2.20. The Morgan fingerprint density at radius 1 is 1.38 bits per heavy atom. The summed E-state index contributed by atoms with van der Waals surface area (Å²) >= 11 is 4.22. The van der Waals surface area contributed by atoms with Crippen molar-refractivity contribution in [3.8, 4) is 0 Å². The first-order valence-electron chi connectivity index (χ1n) is 4.40. The summed E-state index contributed by atoms with van der Waals surface area (Å²) in [6.07, 6.45) is 1.75. The maximum atomic E-state index is 5.30. The molecular formula is C8H20O3SSi. The lowest BCUT2D eigenvalue weighted by atomic mass is 10.1. The van der Waals surface area contributed by atoms with Crippen LogP contribution in [0, 0.1) is 5.92 Å². The summed E-state index contributed by atoms with van der Waals surface area (Å²) < 4.78 is 15.7. The highest BCUT2D eigenvalue weighted by atomic mass is 32.1. The molecule has 0 fully saturated rings. The lowest BCUT2D eigenvalue weighted by Crippen LogP contribution is -2.36. The Morgan fingerprint density at radius 2 is 1.92 bits per heavy atom. The molecule has 0 amide bonds. The van der Waals surface area contributed by atoms with Gasteiger partial charge in [0.1, 0.15) is 0 Å². The molecule has 0 bridgehead atoms. The summed E-state index contributed by atoms with van der Waals surface area (Å²) in [7, 11) is 3.82. The number of hydrogen-bond acceptors (Lipinski definition) is 4. The van der Waals surface area contributed by atoms with Crippen LogP contribution in [0.5, 0.6) is 0 Å². The Hall–Kier alpha value is 0.447. The predicted octanol–water partition coefficient (Wildman–Crippen LogP) is 0.576. The molecule has 0 saturated carbocycles. The zero-order valence-electron chi connectivity index (χ0n) is 8.87. The quantitative estimate of drug-likeness (QED) is 0.389. The molecule has 0 heterocycles. The monoisotopic (exact) mass is 224 g/mol. The van der Waals surface area contributed by atoms with E-state index in [1.165, 1.54) is 0 Å². The fraction of sp³-hybridized carbons (Fsp3) is 1.00. The summed E-state index contributed by atoms with van der Waals surface area (Å²) in [6.45, 7) is 2.15. The summed E-state index contributed by atoms with van der Waals surface area (Å²) in [6, 6.07) is 0. The molecule has 5 heteroatoms. The zero-order chi connectivity index (χ0) is 10.3. The number of rotatable bonds is 7. The minimum absolute atomic E-state index is 0.560. The van der Waals surface area contributed by atoms with Gasteiger partial charge in [-0.05, 0) is 18.1 Å². The van der Waals surface area contributed by atoms with Gasteiger partial charge >= 0.3 is 0 Å². The van der Waals surface area contributed by atoms with Crippen molar-refractivity contribution in [2.75, 3.05) is 20.0 Å². The molecule has 80 valence electrons. The Morgan fingerprint density at radius 3 is 2.23 bits per heavy atom. The molecule has 0 aromatic heterocycles. The van der Waals surface area contributed by atoms with Crippen molar-refractivity contribution in [2.24, 2.45) is 5.92 Å². The molecule has 1 atom stereocenters. The molecule has 0 aliphatic heterocycles. The largest absolute Gasteiger partial charge is 0.380 e. The van der Waals surface area contributed by atoms with Crippen molar-refractivity contribution >= 4 is 23.1 Å². The SMILES string of the molecule is COC(CCC(C)CS)(OC)O[SiH3]. The van der Waals surface area contributed by atoms with E-state index in [-0.39, 0.29) is 0 Å². The molecule has 0 aromatic rings. The van der Waals surface area contributed by atoms with Crippen LogP contribution in [0.2, 0.25) is 0 Å². The van der Waals surface area contributed by atoms with Gasteiger partial charge in [-0.3, -0.25) is 0 Å². The van der Waals surface area contributed by atoms with E-state index in [2.05, 4.69) is 19.6 Å². The highest BCUT2D eigenvalue weighted by molar-refractivity contribution is 7.80. The normalized spacial score (nSPS) is 14.8. The third-order valence-electron chi connectivity index (χ3n) is 2.19. The van der Waals surface area contributed by atoms with E-state index in [1.807, 2.05) is 0 Å². The lowest BCUT2D eigenvalue weighted by molar-refractivity contribution is -0.325. The van der Waals surface area contributed by atoms with E-state index >= 15 is 0 Å². The van der Waals surface area contributed by atoms with Crippen molar-refractivity contribution in [3.05, 3.63) is 0 Å². The smallest absolute Gasteiger partial charge is 0.272 e. The first-order valence-corrected chi connectivity index (χ1v) is 5.85. The van der Waals surface area contributed by atoms with Crippen molar-refractivity contribution in [1.29, 1.82) is 0 Å². The minimum Gasteiger partial charge on any atom is -0.380 e. The standard InChI is InChI=1S/C8H20O3SSi/c1-7(6-12)4-5-8(9-2,10-3)11-13/h7,12H,4-6H2,1-3,13H3. The highest BCUT2D eigenvalue weighted by Crippen LogP contribution is 2.22. The second-order valence-corrected chi connectivity index (χ2v) is 3.90. The predicted molar refractivity (Wildman–Crippen MR) is 60.0 cm³/mol. The van der Waals surface area contributed by atoms with Gasteiger partial charge < -0.3 is 13.9 Å². The maximum absolute atomic E-state index is 5.30. The van der Waals surface area contributed by atoms with E-state index in [4.69, 9.17) is 13.9 Å². The van der Waals surface area contributed by atoms with E-state index in [9.17, 15) is 0 Å². The number of ether oxygens (including phenoxy) is 2. The van der Waals surface area contributed by atoms with Gasteiger partial charge in [0.15, 0.2) is 10.5 Å². The third kappa shape index (κ3) is 4.46. The topological polar surface area (TPSA) is 27.7 Å². The van der Waals surface area contributed by atoms with E-state index in [0.717, 1.165) is 18.6 Å². The van der Waals surface area contributed by atoms with Gasteiger partial charge in [0.2, 0.25) is 0 Å². The van der Waals surface area contributed by atoms with Crippen LogP contribution in [0.4, 0.5) is 0 Å². The first-order chi connectivity index (χ1) is 6.14. The lowest BCUT2D eigenvalue weighted by Gasteiger charge is -2.30. The Balaban J connectivity index is 3.95. The number of thiol groups is 1. The summed E-state index contributed by atoms with van der Waals surface area (Å²) in [4.78, 5) is 0. The molecule has 0 radical (unpaired) electrons. The second-order valence-electron chi connectivity index (χ2n) is 3.12. The van der Waals surface area contributed by atoms with Crippen LogP contribution >= 0.6 is 12.6 Å². The van der Waals surface area contributed by atoms with Crippen molar-refractivity contribution in [2.45, 2.75) is 25.7 Å². The molecule has 0 saturated heterocycles. The third-order valence-corrected chi connectivity index (χ3v) is 3.43. The highest BCUT2D eigenvalue weighted by Gasteiger charge is 2.28. The van der Waals surface area contributed by atoms with E-state index in [0.29, 0.717) is 16.4 Å². The van der Waals surface area contributed by atoms with Gasteiger partial charge in [-0.15, -0.1) is 0 Å². The van der Waals surface area contributed by atoms with Crippen LogP contribution < -0.4 is 0 Å². The van der Waals surface area contributed by atoms with Crippen LogP contribution in [-0.4, -0.2) is 36.4 Å². The van der Waals surface area contributed by atoms with Crippen molar-refractivity contribution in [3.63, 3.8) is 0 Å². The molecule has 1 unspecified atom stereocenters. The summed E-state index contributed by atoms with van der Waals surface area (Å²) in [5.41, 5.74) is 0. The fourth-order valence-corrected chi connectivity index (χ4v) is 1.79. The van der Waals surface area contributed by atoms with Crippen LogP contribution in [0.25, 0.3) is 0 Å². The Labute approximate surface area is 89.1 Å². The van der Waals surface area contributed by atoms with E-state index < -0.39 is 5.97 Å². The van der Waals surface area contributed by atoms with Crippen molar-refractivity contribution < 1.29 is 13.9 Å². The van der Waals surface area contributed by atoms with Gasteiger partial charge in [-0.25, -0.2) is 0 Å². The molecule has 0 aliphatic carbocycles. The molecule has 0 rings (SSSR count). The molecule has 0 aromatic carbocycles. The van der Waals surface area contributed by atoms with Crippen LogP contribution in [-0.2, 0) is 13.9 Å². The van der Waals surface area contributed by atoms with Crippen LogP contribution in [0.3, 0.4) is 0 Å². The van der Waals surface area contributed by atoms with Crippen LogP contribution in [0.15, 0.2) is 0 Å². The van der Waals surface area contributed by atoms with E-state index in [1.54, 1.807) is 14.2 Å². The van der Waals surface area contributed by atoms with Crippen molar-refractivity contribution in [1.82, 2.24) is 0 Å². The Kier molecular flexibility index (Phi) is 7.07. The fourth-order valence-electron chi connectivity index (χ4n) is 1.07. The first kappa shape index (κ1) is 13.4. The summed E-state index contributed by atoms with van der Waals surface area (Å²) in [5, 5.41) is 0. The second kappa shape index (κ2) is 6.84. The Bertz CT molecular complexity index is 122. The van der Waals surface area contributed by atoms with Gasteiger partial charge in [0.05, 0.1) is 0 Å². The zero-order valence-corrected chi connectivity index (χ0v) is 11.8. The van der Waals surface area contributed by atoms with Gasteiger partial charge in [0, 0.05) is 20.6 Å². The van der Waals surface area contributed by atoms with Gasteiger partial charge in [0.25, 0.3) is 5.97 Å².